The molecule has 0 bridgehead atoms. The topological polar surface area (TPSA) is 60.2 Å². The van der Waals surface area contributed by atoms with Crippen molar-refractivity contribution < 1.29 is 9.53 Å². The third-order valence-corrected chi connectivity index (χ3v) is 5.30. The standard InChI is InChI=1S/C20H26N4O2/c1-14-4-3-5-17(22-14)12-26-13-18-11-21-20-15(2)23(8-9-24(18)20)19(25)10-16-6-7-16/h3-5,11,15-16H,6-10,12-13H2,1-2H3/t15-/m1/s1. The zero-order valence-corrected chi connectivity index (χ0v) is 15.5. The molecular formula is C20H26N4O2. The smallest absolute Gasteiger partial charge is 0.223 e. The molecule has 6 nitrogen and oxygen atoms in total. The lowest BCUT2D eigenvalue weighted by molar-refractivity contribution is -0.134. The lowest BCUT2D eigenvalue weighted by atomic mass is 10.1. The molecule has 0 unspecified atom stereocenters. The van der Waals surface area contributed by atoms with Crippen LogP contribution in [0.4, 0.5) is 0 Å². The molecule has 4 rings (SSSR count). The van der Waals surface area contributed by atoms with Crippen LogP contribution in [-0.4, -0.2) is 31.9 Å². The number of rotatable bonds is 6. The van der Waals surface area contributed by atoms with Gasteiger partial charge in [-0.1, -0.05) is 6.07 Å². The summed E-state index contributed by atoms with van der Waals surface area (Å²) in [5.41, 5.74) is 3.00. The van der Waals surface area contributed by atoms with E-state index in [2.05, 4.69) is 21.5 Å². The number of amides is 1. The second-order valence-corrected chi connectivity index (χ2v) is 7.43. The van der Waals surface area contributed by atoms with Gasteiger partial charge in [0.05, 0.1) is 36.8 Å². The third kappa shape index (κ3) is 3.65. The van der Waals surface area contributed by atoms with Gasteiger partial charge < -0.3 is 14.2 Å². The third-order valence-electron chi connectivity index (χ3n) is 5.30. The predicted molar refractivity (Wildman–Crippen MR) is 97.2 cm³/mol. The van der Waals surface area contributed by atoms with Gasteiger partial charge in [0, 0.05) is 25.2 Å². The fraction of sp³-hybridized carbons (Fsp3) is 0.550. The van der Waals surface area contributed by atoms with E-state index in [9.17, 15) is 4.79 Å². The zero-order chi connectivity index (χ0) is 18.1. The van der Waals surface area contributed by atoms with Gasteiger partial charge in [-0.3, -0.25) is 9.78 Å². The molecule has 0 N–H and O–H groups in total. The maximum absolute atomic E-state index is 12.5. The molecule has 1 fully saturated rings. The summed E-state index contributed by atoms with van der Waals surface area (Å²) >= 11 is 0. The van der Waals surface area contributed by atoms with Crippen molar-refractivity contribution in [2.45, 2.75) is 58.9 Å². The summed E-state index contributed by atoms with van der Waals surface area (Å²) in [6.07, 6.45) is 4.99. The lowest BCUT2D eigenvalue weighted by Crippen LogP contribution is -2.41. The highest BCUT2D eigenvalue weighted by atomic mass is 16.5. The van der Waals surface area contributed by atoms with E-state index in [1.165, 1.54) is 12.8 Å². The maximum Gasteiger partial charge on any atom is 0.223 e. The molecular weight excluding hydrogens is 328 g/mol. The highest BCUT2D eigenvalue weighted by molar-refractivity contribution is 5.77. The first-order valence-electron chi connectivity index (χ1n) is 9.46. The summed E-state index contributed by atoms with van der Waals surface area (Å²) in [5, 5.41) is 0. The van der Waals surface area contributed by atoms with Crippen LogP contribution in [-0.2, 0) is 29.3 Å². The number of fused-ring (bicyclic) bond motifs is 1. The normalized spacial score (nSPS) is 19.5. The van der Waals surface area contributed by atoms with Crippen LogP contribution < -0.4 is 0 Å². The number of hydrogen-bond donors (Lipinski definition) is 0. The van der Waals surface area contributed by atoms with Crippen LogP contribution in [0, 0.1) is 12.8 Å². The number of aromatic nitrogens is 3. The monoisotopic (exact) mass is 354 g/mol. The Balaban J connectivity index is 1.37. The van der Waals surface area contributed by atoms with Crippen LogP contribution in [0.25, 0.3) is 0 Å². The van der Waals surface area contributed by atoms with Gasteiger partial charge in [0.2, 0.25) is 5.91 Å². The van der Waals surface area contributed by atoms with Gasteiger partial charge >= 0.3 is 0 Å². The van der Waals surface area contributed by atoms with Crippen molar-refractivity contribution in [2.75, 3.05) is 6.54 Å². The number of pyridine rings is 1. The molecule has 26 heavy (non-hydrogen) atoms. The Morgan fingerprint density at radius 1 is 1.27 bits per heavy atom. The van der Waals surface area contributed by atoms with Gasteiger partial charge in [0.25, 0.3) is 0 Å². The zero-order valence-electron chi connectivity index (χ0n) is 15.5. The van der Waals surface area contributed by atoms with E-state index in [0.717, 1.165) is 36.0 Å². The van der Waals surface area contributed by atoms with E-state index < -0.39 is 0 Å². The Kier molecular flexibility index (Phi) is 4.76. The molecule has 1 atom stereocenters. The molecule has 1 aliphatic heterocycles. The predicted octanol–water partition coefficient (Wildman–Crippen LogP) is 3.01. The molecule has 6 heteroatoms. The molecule has 0 spiro atoms. The summed E-state index contributed by atoms with van der Waals surface area (Å²) in [5.74, 6) is 1.86. The van der Waals surface area contributed by atoms with Crippen molar-refractivity contribution in [2.24, 2.45) is 5.92 Å². The molecule has 3 heterocycles. The minimum Gasteiger partial charge on any atom is -0.369 e. The summed E-state index contributed by atoms with van der Waals surface area (Å²) in [7, 11) is 0. The van der Waals surface area contributed by atoms with E-state index in [1.807, 2.05) is 36.2 Å². The Bertz CT molecular complexity index is 797. The van der Waals surface area contributed by atoms with Gasteiger partial charge in [-0.05, 0) is 44.7 Å². The molecule has 1 saturated carbocycles. The SMILES string of the molecule is Cc1cccc(COCc2cnc3n2CCN(C(=O)CC2CC2)[C@@H]3C)n1. The fourth-order valence-corrected chi connectivity index (χ4v) is 3.64. The quantitative estimate of drug-likeness (QED) is 0.800. The molecule has 0 aromatic carbocycles. The Labute approximate surface area is 154 Å². The second kappa shape index (κ2) is 7.19. The first kappa shape index (κ1) is 17.2. The first-order chi connectivity index (χ1) is 12.6. The van der Waals surface area contributed by atoms with E-state index in [-0.39, 0.29) is 11.9 Å². The van der Waals surface area contributed by atoms with E-state index in [0.29, 0.717) is 25.6 Å². The molecule has 0 radical (unpaired) electrons. The van der Waals surface area contributed by atoms with Crippen molar-refractivity contribution >= 4 is 5.91 Å². The summed E-state index contributed by atoms with van der Waals surface area (Å²) in [4.78, 5) is 23.5. The highest BCUT2D eigenvalue weighted by Crippen LogP contribution is 2.35. The highest BCUT2D eigenvalue weighted by Gasteiger charge is 2.33. The number of hydrogen-bond acceptors (Lipinski definition) is 4. The summed E-state index contributed by atoms with van der Waals surface area (Å²) < 4.78 is 8.06. The number of ether oxygens (including phenoxy) is 1. The number of nitrogens with zero attached hydrogens (tertiary/aromatic N) is 4. The molecule has 1 amide bonds. The minimum absolute atomic E-state index is 0.0298. The van der Waals surface area contributed by atoms with Crippen LogP contribution >= 0.6 is 0 Å². The van der Waals surface area contributed by atoms with Gasteiger partial charge in [0.1, 0.15) is 5.82 Å². The maximum atomic E-state index is 12.5. The van der Waals surface area contributed by atoms with Crippen molar-refractivity contribution in [1.82, 2.24) is 19.4 Å². The van der Waals surface area contributed by atoms with Crippen molar-refractivity contribution in [1.29, 1.82) is 0 Å². The summed E-state index contributed by atoms with van der Waals surface area (Å²) in [6.45, 7) is 6.59. The Morgan fingerprint density at radius 3 is 2.88 bits per heavy atom. The molecule has 2 aromatic heterocycles. The summed E-state index contributed by atoms with van der Waals surface area (Å²) in [6, 6.07) is 5.98. The minimum atomic E-state index is 0.0298. The van der Waals surface area contributed by atoms with Gasteiger partial charge in [0.15, 0.2) is 0 Å². The van der Waals surface area contributed by atoms with E-state index >= 15 is 0 Å². The van der Waals surface area contributed by atoms with Gasteiger partial charge in [-0.25, -0.2) is 4.98 Å². The van der Waals surface area contributed by atoms with Crippen LogP contribution in [0.5, 0.6) is 0 Å². The van der Waals surface area contributed by atoms with Gasteiger partial charge in [-0.15, -0.1) is 0 Å². The molecule has 0 saturated heterocycles. The largest absolute Gasteiger partial charge is 0.369 e. The molecule has 2 aliphatic rings. The molecule has 138 valence electrons. The first-order valence-corrected chi connectivity index (χ1v) is 9.46. The van der Waals surface area contributed by atoms with Crippen molar-refractivity contribution in [3.8, 4) is 0 Å². The Hall–Kier alpha value is -2.21. The number of carbonyl (C=O) groups excluding carboxylic acids is 1. The number of carbonyl (C=O) groups is 1. The van der Waals surface area contributed by atoms with Gasteiger partial charge in [-0.2, -0.15) is 0 Å². The average Bonchev–Trinajstić information content (AvgIpc) is 3.33. The van der Waals surface area contributed by atoms with Crippen molar-refractivity contribution in [3.63, 3.8) is 0 Å². The molecule has 1 aliphatic carbocycles. The van der Waals surface area contributed by atoms with Crippen LogP contribution in [0.3, 0.4) is 0 Å². The average molecular weight is 354 g/mol. The van der Waals surface area contributed by atoms with Crippen LogP contribution in [0.1, 0.15) is 55.1 Å². The van der Waals surface area contributed by atoms with E-state index in [1.54, 1.807) is 0 Å². The van der Waals surface area contributed by atoms with E-state index in [4.69, 9.17) is 4.74 Å². The van der Waals surface area contributed by atoms with Crippen LogP contribution in [0.15, 0.2) is 24.4 Å². The fourth-order valence-electron chi connectivity index (χ4n) is 3.64. The van der Waals surface area contributed by atoms with Crippen molar-refractivity contribution in [3.05, 3.63) is 47.3 Å². The Morgan fingerprint density at radius 2 is 2.12 bits per heavy atom. The number of imidazole rings is 1. The second-order valence-electron chi connectivity index (χ2n) is 7.43. The molecule has 2 aromatic rings. The number of aryl methyl sites for hydroxylation is 1. The lowest BCUT2D eigenvalue weighted by Gasteiger charge is -2.34. The van der Waals surface area contributed by atoms with Crippen LogP contribution in [0.2, 0.25) is 0 Å².